The monoisotopic (exact) mass is 248 g/mol. The van der Waals surface area contributed by atoms with Crippen LogP contribution in [0.25, 0.3) is 0 Å². The maximum atomic E-state index is 11.7. The van der Waals surface area contributed by atoms with Crippen molar-refractivity contribution in [1.29, 1.82) is 0 Å². The van der Waals surface area contributed by atoms with Gasteiger partial charge in [-0.1, -0.05) is 46.2 Å². The molecule has 2 heteroatoms. The molecule has 2 nitrogen and oxygen atoms in total. The van der Waals surface area contributed by atoms with Crippen LogP contribution in [-0.4, -0.2) is 12.6 Å². The molecule has 0 spiro atoms. The molecule has 0 amide bonds. The van der Waals surface area contributed by atoms with Crippen LogP contribution in [0.4, 0.5) is 0 Å². The van der Waals surface area contributed by atoms with Gasteiger partial charge in [-0.25, -0.2) is 4.79 Å². The van der Waals surface area contributed by atoms with Crippen LogP contribution in [0.5, 0.6) is 0 Å². The van der Waals surface area contributed by atoms with Crippen molar-refractivity contribution in [2.75, 3.05) is 6.61 Å². The Morgan fingerprint density at radius 3 is 2.28 bits per heavy atom. The molecular weight excluding hydrogens is 224 g/mol. The van der Waals surface area contributed by atoms with Gasteiger partial charge < -0.3 is 4.74 Å². The van der Waals surface area contributed by atoms with E-state index in [1.807, 2.05) is 24.3 Å². The second kappa shape index (κ2) is 6.58. The van der Waals surface area contributed by atoms with Gasteiger partial charge in [0.25, 0.3) is 0 Å². The summed E-state index contributed by atoms with van der Waals surface area (Å²) >= 11 is 0. The quantitative estimate of drug-likeness (QED) is 0.575. The molecule has 0 atom stereocenters. The summed E-state index contributed by atoms with van der Waals surface area (Å²) in [6.45, 7) is 9.22. The Balaban J connectivity index is 2.57. The van der Waals surface area contributed by atoms with Gasteiger partial charge in [0.1, 0.15) is 0 Å². The summed E-state index contributed by atoms with van der Waals surface area (Å²) in [5, 5.41) is 0. The predicted molar refractivity (Wildman–Crippen MR) is 74.8 cm³/mol. The molecular formula is C16H24O2. The molecule has 0 saturated heterocycles. The third-order valence-electron chi connectivity index (χ3n) is 2.66. The highest BCUT2D eigenvalue weighted by Gasteiger charge is 2.12. The number of hydrogen-bond donors (Lipinski definition) is 0. The summed E-state index contributed by atoms with van der Waals surface area (Å²) in [5.41, 5.74) is 2.17. The summed E-state index contributed by atoms with van der Waals surface area (Å²) in [4.78, 5) is 11.7. The minimum absolute atomic E-state index is 0.217. The SMILES string of the molecule is CCCCOC(=O)c1ccc(CC(C)(C)C)cc1. The van der Waals surface area contributed by atoms with E-state index in [-0.39, 0.29) is 11.4 Å². The van der Waals surface area contributed by atoms with E-state index in [9.17, 15) is 4.79 Å². The highest BCUT2D eigenvalue weighted by atomic mass is 16.5. The molecule has 0 aliphatic carbocycles. The Bertz CT molecular complexity index is 371. The molecule has 0 aliphatic rings. The van der Waals surface area contributed by atoms with Crippen molar-refractivity contribution in [2.24, 2.45) is 5.41 Å². The lowest BCUT2D eigenvalue weighted by Crippen LogP contribution is -2.10. The van der Waals surface area contributed by atoms with Crippen LogP contribution in [0.1, 0.15) is 56.5 Å². The van der Waals surface area contributed by atoms with Gasteiger partial charge in [0.2, 0.25) is 0 Å². The number of unbranched alkanes of at least 4 members (excludes halogenated alkanes) is 1. The van der Waals surface area contributed by atoms with Gasteiger partial charge in [-0.2, -0.15) is 0 Å². The van der Waals surface area contributed by atoms with Crippen LogP contribution in [0, 0.1) is 5.41 Å². The fraction of sp³-hybridized carbons (Fsp3) is 0.562. The zero-order valence-corrected chi connectivity index (χ0v) is 12.0. The van der Waals surface area contributed by atoms with Crippen LogP contribution in [-0.2, 0) is 11.2 Å². The summed E-state index contributed by atoms with van der Waals surface area (Å²) in [6.07, 6.45) is 2.98. The highest BCUT2D eigenvalue weighted by Crippen LogP contribution is 2.20. The second-order valence-electron chi connectivity index (χ2n) is 5.92. The smallest absolute Gasteiger partial charge is 0.338 e. The van der Waals surface area contributed by atoms with E-state index in [2.05, 4.69) is 27.7 Å². The topological polar surface area (TPSA) is 26.3 Å². The van der Waals surface area contributed by atoms with Crippen LogP contribution in [0.15, 0.2) is 24.3 Å². The van der Waals surface area contributed by atoms with Gasteiger partial charge in [0.05, 0.1) is 12.2 Å². The van der Waals surface area contributed by atoms with Crippen molar-refractivity contribution in [3.63, 3.8) is 0 Å². The molecule has 100 valence electrons. The Morgan fingerprint density at radius 2 is 1.78 bits per heavy atom. The number of carbonyl (C=O) groups is 1. The summed E-state index contributed by atoms with van der Waals surface area (Å²) in [5.74, 6) is -0.217. The summed E-state index contributed by atoms with van der Waals surface area (Å²) in [6, 6.07) is 7.74. The molecule has 0 bridgehead atoms. The average Bonchev–Trinajstić information content (AvgIpc) is 2.28. The first kappa shape index (κ1) is 14.7. The first-order valence-corrected chi connectivity index (χ1v) is 6.68. The Labute approximate surface area is 110 Å². The van der Waals surface area contributed by atoms with Gasteiger partial charge in [-0.15, -0.1) is 0 Å². The number of carbonyl (C=O) groups excluding carboxylic acids is 1. The number of rotatable bonds is 5. The molecule has 0 fully saturated rings. The Hall–Kier alpha value is -1.31. The third kappa shape index (κ3) is 5.35. The van der Waals surface area contributed by atoms with Crippen LogP contribution in [0.2, 0.25) is 0 Å². The molecule has 1 rings (SSSR count). The number of benzene rings is 1. The first-order chi connectivity index (χ1) is 8.42. The van der Waals surface area contributed by atoms with Crippen molar-refractivity contribution in [3.8, 4) is 0 Å². The molecule has 1 aromatic carbocycles. The summed E-state index contributed by atoms with van der Waals surface area (Å²) < 4.78 is 5.17. The number of ether oxygens (including phenoxy) is 1. The van der Waals surface area contributed by atoms with Crippen molar-refractivity contribution in [2.45, 2.75) is 47.0 Å². The van der Waals surface area contributed by atoms with Crippen molar-refractivity contribution in [3.05, 3.63) is 35.4 Å². The normalized spacial score (nSPS) is 11.3. The average molecular weight is 248 g/mol. The van der Waals surface area contributed by atoms with E-state index in [4.69, 9.17) is 4.74 Å². The molecule has 0 heterocycles. The van der Waals surface area contributed by atoms with E-state index in [0.717, 1.165) is 19.3 Å². The minimum Gasteiger partial charge on any atom is -0.462 e. The maximum absolute atomic E-state index is 11.7. The number of esters is 1. The fourth-order valence-corrected chi connectivity index (χ4v) is 1.76. The van der Waals surface area contributed by atoms with E-state index >= 15 is 0 Å². The van der Waals surface area contributed by atoms with Crippen molar-refractivity contribution < 1.29 is 9.53 Å². The molecule has 0 N–H and O–H groups in total. The first-order valence-electron chi connectivity index (χ1n) is 6.68. The largest absolute Gasteiger partial charge is 0.462 e. The van der Waals surface area contributed by atoms with Crippen LogP contribution >= 0.6 is 0 Å². The standard InChI is InChI=1S/C16H24O2/c1-5-6-11-18-15(17)14-9-7-13(8-10-14)12-16(2,3)4/h7-10H,5-6,11-12H2,1-4H3. The fourth-order valence-electron chi connectivity index (χ4n) is 1.76. The summed E-state index contributed by atoms with van der Waals surface area (Å²) in [7, 11) is 0. The molecule has 0 aliphatic heterocycles. The second-order valence-corrected chi connectivity index (χ2v) is 5.92. The van der Waals surface area contributed by atoms with Gasteiger partial charge in [-0.05, 0) is 36.0 Å². The van der Waals surface area contributed by atoms with Gasteiger partial charge >= 0.3 is 5.97 Å². The van der Waals surface area contributed by atoms with Gasteiger partial charge in [0, 0.05) is 0 Å². The third-order valence-corrected chi connectivity index (χ3v) is 2.66. The lowest BCUT2D eigenvalue weighted by Gasteiger charge is -2.18. The van der Waals surface area contributed by atoms with Crippen molar-refractivity contribution >= 4 is 5.97 Å². The molecule has 18 heavy (non-hydrogen) atoms. The highest BCUT2D eigenvalue weighted by molar-refractivity contribution is 5.89. The van der Waals surface area contributed by atoms with E-state index in [0.29, 0.717) is 12.2 Å². The van der Waals surface area contributed by atoms with Crippen LogP contribution in [0.3, 0.4) is 0 Å². The van der Waals surface area contributed by atoms with Gasteiger partial charge in [0.15, 0.2) is 0 Å². The molecule has 0 aromatic heterocycles. The zero-order valence-electron chi connectivity index (χ0n) is 12.0. The van der Waals surface area contributed by atoms with Crippen LogP contribution < -0.4 is 0 Å². The maximum Gasteiger partial charge on any atom is 0.338 e. The lowest BCUT2D eigenvalue weighted by molar-refractivity contribution is 0.0500. The molecule has 0 radical (unpaired) electrons. The zero-order chi connectivity index (χ0) is 13.6. The molecule has 1 aromatic rings. The Morgan fingerprint density at radius 1 is 1.17 bits per heavy atom. The van der Waals surface area contributed by atoms with Gasteiger partial charge in [-0.3, -0.25) is 0 Å². The van der Waals surface area contributed by atoms with E-state index in [1.165, 1.54) is 5.56 Å². The molecule has 0 unspecified atom stereocenters. The van der Waals surface area contributed by atoms with Crippen molar-refractivity contribution in [1.82, 2.24) is 0 Å². The molecule has 0 saturated carbocycles. The van der Waals surface area contributed by atoms with E-state index in [1.54, 1.807) is 0 Å². The lowest BCUT2D eigenvalue weighted by atomic mass is 9.88. The van der Waals surface area contributed by atoms with E-state index < -0.39 is 0 Å². The predicted octanol–water partition coefficient (Wildman–Crippen LogP) is 4.23. The Kier molecular flexibility index (Phi) is 5.39. The number of hydrogen-bond acceptors (Lipinski definition) is 2. The minimum atomic E-state index is -0.217.